The van der Waals surface area contributed by atoms with E-state index in [9.17, 15) is 4.79 Å². The van der Waals surface area contributed by atoms with E-state index in [1.54, 1.807) is 0 Å². The summed E-state index contributed by atoms with van der Waals surface area (Å²) in [5.74, 6) is 0. The van der Waals surface area contributed by atoms with Crippen molar-refractivity contribution in [2.75, 3.05) is 0 Å². The van der Waals surface area contributed by atoms with Gasteiger partial charge in [0.05, 0.1) is 11.2 Å². The van der Waals surface area contributed by atoms with Crippen LogP contribution in [0.5, 0.6) is 0 Å². The number of rotatable bonds is 2. The lowest BCUT2D eigenvalue weighted by molar-refractivity contribution is 0.599. The highest BCUT2D eigenvalue weighted by atomic mass is 16.1. The van der Waals surface area contributed by atoms with E-state index in [0.717, 1.165) is 68.4 Å². The molecule has 35 heavy (non-hydrogen) atoms. The number of aromatic amines is 3. The van der Waals surface area contributed by atoms with Crippen LogP contribution in [-0.4, -0.2) is 19.9 Å². The van der Waals surface area contributed by atoms with Gasteiger partial charge in [-0.25, -0.2) is 4.98 Å². The van der Waals surface area contributed by atoms with Gasteiger partial charge in [-0.2, -0.15) is 0 Å². The highest BCUT2D eigenvalue weighted by molar-refractivity contribution is 5.92. The highest BCUT2D eigenvalue weighted by Gasteiger charge is 2.21. The van der Waals surface area contributed by atoms with Gasteiger partial charge in [0.15, 0.2) is 0 Å². The van der Waals surface area contributed by atoms with Crippen molar-refractivity contribution in [1.82, 2.24) is 19.9 Å². The molecule has 0 unspecified atom stereocenters. The van der Waals surface area contributed by atoms with E-state index in [4.69, 9.17) is 4.98 Å². The van der Waals surface area contributed by atoms with Crippen LogP contribution < -0.4 is 5.43 Å². The number of nitrogens with zero attached hydrogens (tertiary/aromatic N) is 1. The molecule has 0 saturated heterocycles. The molecular weight excluding hydrogens is 432 g/mol. The van der Waals surface area contributed by atoms with E-state index < -0.39 is 0 Å². The Bertz CT molecular complexity index is 1690. The van der Waals surface area contributed by atoms with Crippen LogP contribution in [-0.2, 0) is 11.8 Å². The fraction of sp³-hybridized carbons (Fsp3) is 0.333. The van der Waals surface area contributed by atoms with Crippen LogP contribution in [0.25, 0.3) is 44.2 Å². The van der Waals surface area contributed by atoms with Crippen LogP contribution in [0.1, 0.15) is 76.0 Å². The Morgan fingerprint density at radius 1 is 0.829 bits per heavy atom. The molecule has 180 valence electrons. The van der Waals surface area contributed by atoms with Crippen molar-refractivity contribution in [2.45, 2.75) is 66.7 Å². The average Bonchev–Trinajstić information content (AvgIpc) is 3.56. The Morgan fingerprint density at radius 3 is 2.03 bits per heavy atom. The van der Waals surface area contributed by atoms with Crippen LogP contribution >= 0.6 is 0 Å². The summed E-state index contributed by atoms with van der Waals surface area (Å²) in [4.78, 5) is 29.4. The number of aryl methyl sites for hydroxylation is 2. The zero-order valence-corrected chi connectivity index (χ0v) is 21.7. The van der Waals surface area contributed by atoms with E-state index >= 15 is 0 Å². The van der Waals surface area contributed by atoms with Gasteiger partial charge in [-0.15, -0.1) is 0 Å². The lowest BCUT2D eigenvalue weighted by Crippen LogP contribution is -2.11. The Kier molecular flexibility index (Phi) is 5.47. The second-order valence-corrected chi connectivity index (χ2v) is 10.6. The maximum atomic E-state index is 13.8. The normalized spacial score (nSPS) is 13.2. The summed E-state index contributed by atoms with van der Waals surface area (Å²) in [7, 11) is 0. The van der Waals surface area contributed by atoms with Gasteiger partial charge in [-0.05, 0) is 90.8 Å². The fourth-order valence-electron chi connectivity index (χ4n) is 5.46. The van der Waals surface area contributed by atoms with Gasteiger partial charge < -0.3 is 15.0 Å². The lowest BCUT2D eigenvalue weighted by Gasteiger charge is -2.19. The van der Waals surface area contributed by atoms with Gasteiger partial charge in [-0.3, -0.25) is 4.79 Å². The van der Waals surface area contributed by atoms with Crippen LogP contribution in [0.15, 0.2) is 41.2 Å². The van der Waals surface area contributed by atoms with Crippen LogP contribution in [0, 0.1) is 6.92 Å². The monoisotopic (exact) mass is 466 g/mol. The molecule has 1 aliphatic heterocycles. The Hall–Kier alpha value is -3.60. The van der Waals surface area contributed by atoms with Gasteiger partial charge in [0.25, 0.3) is 0 Å². The molecule has 0 saturated carbocycles. The molecule has 1 aliphatic rings. The van der Waals surface area contributed by atoms with Crippen LogP contribution in [0.2, 0.25) is 0 Å². The number of H-pyrrole nitrogens is 3. The topological polar surface area (TPSA) is 77.3 Å². The van der Waals surface area contributed by atoms with Gasteiger partial charge in [-0.1, -0.05) is 34.6 Å². The Balaban J connectivity index is 2.03. The first kappa shape index (κ1) is 23.2. The second kappa shape index (κ2) is 8.26. The maximum absolute atomic E-state index is 13.8. The molecule has 5 heteroatoms. The third-order valence-electron chi connectivity index (χ3n) is 7.22. The van der Waals surface area contributed by atoms with E-state index in [-0.39, 0.29) is 10.8 Å². The number of aromatic nitrogens is 4. The van der Waals surface area contributed by atoms with E-state index in [1.165, 1.54) is 5.56 Å². The zero-order chi connectivity index (χ0) is 25.1. The number of hydrogen-bond donors (Lipinski definition) is 3. The minimum absolute atomic E-state index is 0.0287. The van der Waals surface area contributed by atoms with E-state index in [0.29, 0.717) is 11.2 Å². The summed E-state index contributed by atoms with van der Waals surface area (Å²) < 4.78 is 0. The smallest absolute Gasteiger partial charge is 0.228 e. The van der Waals surface area contributed by atoms with Gasteiger partial charge in [0, 0.05) is 33.1 Å². The molecule has 5 nitrogen and oxygen atoms in total. The quantitative estimate of drug-likeness (QED) is 0.288. The zero-order valence-electron chi connectivity index (χ0n) is 21.7. The molecule has 4 aromatic rings. The summed E-state index contributed by atoms with van der Waals surface area (Å²) in [5.41, 5.74) is 12.5. The minimum atomic E-state index is -0.0793. The Labute approximate surface area is 205 Å². The predicted octanol–water partition coefficient (Wildman–Crippen LogP) is 7.39. The average molecular weight is 467 g/mol. The third kappa shape index (κ3) is 3.79. The molecule has 0 aliphatic carbocycles. The van der Waals surface area contributed by atoms with Gasteiger partial charge in [0.1, 0.15) is 5.69 Å². The summed E-state index contributed by atoms with van der Waals surface area (Å²) in [6, 6.07) is 12.6. The van der Waals surface area contributed by atoms with Crippen LogP contribution in [0.4, 0.5) is 0 Å². The number of fused-ring (bicyclic) bond motifs is 8. The summed E-state index contributed by atoms with van der Waals surface area (Å²) in [6.45, 7) is 15.1. The fourth-order valence-corrected chi connectivity index (χ4v) is 5.46. The molecule has 5 rings (SSSR count). The second-order valence-electron chi connectivity index (χ2n) is 10.6. The molecule has 0 aromatic carbocycles. The molecule has 0 radical (unpaired) electrons. The molecule has 4 aromatic heterocycles. The molecule has 5 heterocycles. The summed E-state index contributed by atoms with van der Waals surface area (Å²) >= 11 is 0. The maximum Gasteiger partial charge on any atom is 0.228 e. The Morgan fingerprint density at radius 2 is 1.46 bits per heavy atom. The van der Waals surface area contributed by atoms with Crippen molar-refractivity contribution in [1.29, 1.82) is 0 Å². The number of allylic oxidation sites excluding steroid dienone is 2. The SMILES string of the molecule is CCC1=C(C)c2cc3ccc([nH]3)c(C(C)(C)C)c3ccc(cc4[nH]c(c(CC)c4C)c(=O)c1n2)[nH]3. The summed E-state index contributed by atoms with van der Waals surface area (Å²) in [6.07, 6.45) is 1.54. The number of hydrogen-bond acceptors (Lipinski definition) is 2. The van der Waals surface area contributed by atoms with Crippen molar-refractivity contribution in [3.05, 3.63) is 74.7 Å². The molecular formula is C30H34N4O. The van der Waals surface area contributed by atoms with E-state index in [2.05, 4.69) is 99.8 Å². The molecule has 0 fully saturated rings. The van der Waals surface area contributed by atoms with Crippen molar-refractivity contribution >= 4 is 44.2 Å². The highest BCUT2D eigenvalue weighted by Crippen LogP contribution is 2.32. The van der Waals surface area contributed by atoms with Crippen LogP contribution in [0.3, 0.4) is 0 Å². The van der Waals surface area contributed by atoms with Gasteiger partial charge >= 0.3 is 0 Å². The lowest BCUT2D eigenvalue weighted by atomic mass is 9.86. The van der Waals surface area contributed by atoms with E-state index in [1.807, 2.05) is 0 Å². The largest absolute Gasteiger partial charge is 0.355 e. The van der Waals surface area contributed by atoms with Crippen molar-refractivity contribution in [3.63, 3.8) is 0 Å². The standard InChI is InChI=1S/C30H34N4O/c1-8-20-16(3)24-14-18-10-12-22(31-18)26(30(5,6)7)23-13-11-19(32-23)15-25-17(4)21(9-2)28(34-25)29(35)27(20)33-24/h10-15,31-33H,8-9H2,1-7H3. The molecule has 3 N–H and O–H groups in total. The van der Waals surface area contributed by atoms with Crippen molar-refractivity contribution in [2.24, 2.45) is 0 Å². The van der Waals surface area contributed by atoms with Crippen molar-refractivity contribution in [3.8, 4) is 0 Å². The number of nitrogens with one attached hydrogen (secondary N) is 3. The first-order valence-electron chi connectivity index (χ1n) is 12.5. The predicted molar refractivity (Wildman–Crippen MR) is 148 cm³/mol. The van der Waals surface area contributed by atoms with Crippen molar-refractivity contribution < 1.29 is 0 Å². The minimum Gasteiger partial charge on any atom is -0.355 e. The first-order valence-corrected chi connectivity index (χ1v) is 12.5. The molecule has 8 bridgehead atoms. The molecule has 0 amide bonds. The first-order chi connectivity index (χ1) is 16.6. The molecule has 0 spiro atoms. The molecule has 0 atom stereocenters. The van der Waals surface area contributed by atoms with Gasteiger partial charge in [0.2, 0.25) is 5.43 Å². The summed E-state index contributed by atoms with van der Waals surface area (Å²) in [5, 5.41) is 0. The third-order valence-corrected chi connectivity index (χ3v) is 7.22.